The van der Waals surface area contributed by atoms with Gasteiger partial charge in [0.2, 0.25) is 0 Å². The van der Waals surface area contributed by atoms with E-state index in [1.807, 2.05) is 24.0 Å². The zero-order valence-electron chi connectivity index (χ0n) is 11.4. The summed E-state index contributed by atoms with van der Waals surface area (Å²) in [7, 11) is 2.17. The van der Waals surface area contributed by atoms with Crippen molar-refractivity contribution >= 4 is 11.7 Å². The van der Waals surface area contributed by atoms with Crippen LogP contribution in [0.5, 0.6) is 0 Å². The number of hydrogen-bond acceptors (Lipinski definition) is 1. The van der Waals surface area contributed by atoms with Crippen LogP contribution >= 0.6 is 0 Å². The van der Waals surface area contributed by atoms with E-state index in [9.17, 15) is 4.79 Å². The van der Waals surface area contributed by atoms with Crippen molar-refractivity contribution in [1.82, 2.24) is 4.90 Å². The van der Waals surface area contributed by atoms with Gasteiger partial charge >= 0.3 is 6.03 Å². The number of aryl methyl sites for hydroxylation is 1. The molecule has 0 saturated carbocycles. The van der Waals surface area contributed by atoms with Crippen LogP contribution in [0.2, 0.25) is 0 Å². The number of quaternary nitrogens is 1. The maximum Gasteiger partial charge on any atom is 0.322 e. The Balaban J connectivity index is 2.01. The van der Waals surface area contributed by atoms with Gasteiger partial charge in [0.15, 0.2) is 0 Å². The minimum Gasteiger partial charge on any atom is -0.334 e. The summed E-state index contributed by atoms with van der Waals surface area (Å²) in [4.78, 5) is 15.5. The number of nitrogens with zero attached hydrogens (tertiary/aromatic N) is 1. The summed E-state index contributed by atoms with van der Waals surface area (Å²) >= 11 is 0. The van der Waals surface area contributed by atoms with Gasteiger partial charge in [-0.05, 0) is 31.0 Å². The molecule has 1 aliphatic heterocycles. The Labute approximate surface area is 109 Å². The van der Waals surface area contributed by atoms with Crippen LogP contribution in [0.3, 0.4) is 0 Å². The number of likely N-dealkylation sites (N-methyl/N-ethyl adjacent to an activating group) is 1. The highest BCUT2D eigenvalue weighted by atomic mass is 16.2. The molecule has 2 N–H and O–H groups in total. The second kappa shape index (κ2) is 5.40. The maximum atomic E-state index is 12.1. The number of rotatable bonds is 1. The van der Waals surface area contributed by atoms with E-state index in [0.29, 0.717) is 0 Å². The number of piperazine rings is 1. The largest absolute Gasteiger partial charge is 0.334 e. The van der Waals surface area contributed by atoms with Crippen LogP contribution < -0.4 is 10.2 Å². The van der Waals surface area contributed by atoms with E-state index in [4.69, 9.17) is 0 Å². The first-order valence-corrected chi connectivity index (χ1v) is 6.51. The highest BCUT2D eigenvalue weighted by Gasteiger charge is 2.21. The van der Waals surface area contributed by atoms with Crippen LogP contribution in [0.4, 0.5) is 10.5 Å². The third-order valence-corrected chi connectivity index (χ3v) is 3.75. The molecule has 0 spiro atoms. The van der Waals surface area contributed by atoms with Crippen molar-refractivity contribution in [3.8, 4) is 0 Å². The van der Waals surface area contributed by atoms with E-state index >= 15 is 0 Å². The van der Waals surface area contributed by atoms with Gasteiger partial charge in [-0.25, -0.2) is 4.79 Å². The SMILES string of the molecule is Cc1cccc(NC(=O)N2CC[NH+](C)CC2)c1C. The molecule has 0 radical (unpaired) electrons. The Morgan fingerprint density at radius 3 is 2.61 bits per heavy atom. The molecule has 1 aromatic carbocycles. The molecule has 1 aliphatic rings. The molecule has 1 fully saturated rings. The quantitative estimate of drug-likeness (QED) is 0.753. The molecule has 2 rings (SSSR count). The smallest absolute Gasteiger partial charge is 0.322 e. The minimum absolute atomic E-state index is 0.0243. The lowest BCUT2D eigenvalue weighted by Crippen LogP contribution is -3.12. The molecule has 0 unspecified atom stereocenters. The van der Waals surface area contributed by atoms with Gasteiger partial charge in [0.1, 0.15) is 0 Å². The molecule has 18 heavy (non-hydrogen) atoms. The monoisotopic (exact) mass is 248 g/mol. The molecular weight excluding hydrogens is 226 g/mol. The summed E-state index contributed by atoms with van der Waals surface area (Å²) in [5.41, 5.74) is 3.27. The van der Waals surface area contributed by atoms with Gasteiger partial charge in [0.05, 0.1) is 33.2 Å². The van der Waals surface area contributed by atoms with Crippen molar-refractivity contribution in [3.05, 3.63) is 29.3 Å². The highest BCUT2D eigenvalue weighted by Crippen LogP contribution is 2.18. The van der Waals surface area contributed by atoms with E-state index in [2.05, 4.69) is 25.4 Å². The van der Waals surface area contributed by atoms with Crippen LogP contribution in [0, 0.1) is 13.8 Å². The topological polar surface area (TPSA) is 36.8 Å². The van der Waals surface area contributed by atoms with E-state index < -0.39 is 0 Å². The number of nitrogens with one attached hydrogen (secondary N) is 2. The third kappa shape index (κ3) is 2.82. The molecule has 4 nitrogen and oxygen atoms in total. The number of benzene rings is 1. The zero-order chi connectivity index (χ0) is 13.1. The number of carbonyl (C=O) groups excluding carboxylic acids is 1. The predicted octanol–water partition coefficient (Wildman–Crippen LogP) is 0.666. The number of urea groups is 1. The Bertz CT molecular complexity index is 437. The first-order chi connectivity index (χ1) is 8.58. The van der Waals surface area contributed by atoms with Crippen molar-refractivity contribution in [2.24, 2.45) is 0 Å². The average Bonchev–Trinajstić information content (AvgIpc) is 2.36. The van der Waals surface area contributed by atoms with Gasteiger partial charge in [0, 0.05) is 5.69 Å². The lowest BCUT2D eigenvalue weighted by Gasteiger charge is -2.30. The fourth-order valence-electron chi connectivity index (χ4n) is 2.17. The summed E-state index contributed by atoms with van der Waals surface area (Å²) in [5.74, 6) is 0. The lowest BCUT2D eigenvalue weighted by molar-refractivity contribution is -0.883. The molecule has 1 heterocycles. The molecule has 0 bridgehead atoms. The number of anilines is 1. The Morgan fingerprint density at radius 1 is 1.28 bits per heavy atom. The molecule has 1 aromatic rings. The molecular formula is C14H22N3O+. The number of hydrogen-bond donors (Lipinski definition) is 2. The zero-order valence-corrected chi connectivity index (χ0v) is 11.4. The van der Waals surface area contributed by atoms with Gasteiger partial charge in [-0.1, -0.05) is 12.1 Å². The lowest BCUT2D eigenvalue weighted by atomic mass is 10.1. The van der Waals surface area contributed by atoms with E-state index in [1.54, 1.807) is 0 Å². The van der Waals surface area contributed by atoms with E-state index in [-0.39, 0.29) is 6.03 Å². The minimum atomic E-state index is 0.0243. The first-order valence-electron chi connectivity index (χ1n) is 6.51. The normalized spacial score (nSPS) is 16.7. The summed E-state index contributed by atoms with van der Waals surface area (Å²) in [6, 6.07) is 6.02. The molecule has 98 valence electrons. The standard InChI is InChI=1S/C14H21N3O/c1-11-5-4-6-13(12(11)2)15-14(18)17-9-7-16(3)8-10-17/h4-6H,7-10H2,1-3H3,(H,15,18)/p+1. The van der Waals surface area contributed by atoms with Crippen LogP contribution in [0.25, 0.3) is 0 Å². The molecule has 0 atom stereocenters. The summed E-state index contributed by atoms with van der Waals surface area (Å²) < 4.78 is 0. The average molecular weight is 248 g/mol. The Morgan fingerprint density at radius 2 is 1.94 bits per heavy atom. The highest BCUT2D eigenvalue weighted by molar-refractivity contribution is 5.90. The summed E-state index contributed by atoms with van der Waals surface area (Å²) in [5, 5.41) is 3.01. The predicted molar refractivity (Wildman–Crippen MR) is 73.1 cm³/mol. The van der Waals surface area contributed by atoms with Crippen molar-refractivity contribution in [2.75, 3.05) is 38.5 Å². The van der Waals surface area contributed by atoms with Gasteiger partial charge in [-0.15, -0.1) is 0 Å². The fourth-order valence-corrected chi connectivity index (χ4v) is 2.17. The molecule has 4 heteroatoms. The van der Waals surface area contributed by atoms with Crippen molar-refractivity contribution in [1.29, 1.82) is 0 Å². The van der Waals surface area contributed by atoms with Crippen molar-refractivity contribution in [2.45, 2.75) is 13.8 Å². The van der Waals surface area contributed by atoms with Crippen LogP contribution in [0.1, 0.15) is 11.1 Å². The summed E-state index contributed by atoms with van der Waals surface area (Å²) in [6.45, 7) is 7.83. The van der Waals surface area contributed by atoms with Gasteiger partial charge < -0.3 is 15.1 Å². The summed E-state index contributed by atoms with van der Waals surface area (Å²) in [6.07, 6.45) is 0. The maximum absolute atomic E-state index is 12.1. The third-order valence-electron chi connectivity index (χ3n) is 3.75. The molecule has 0 aliphatic carbocycles. The number of amides is 2. The molecule has 2 amide bonds. The van der Waals surface area contributed by atoms with E-state index in [0.717, 1.165) is 37.4 Å². The van der Waals surface area contributed by atoms with Crippen LogP contribution in [-0.4, -0.2) is 44.2 Å². The molecule has 0 aromatic heterocycles. The second-order valence-corrected chi connectivity index (χ2v) is 5.12. The van der Waals surface area contributed by atoms with Crippen molar-refractivity contribution in [3.63, 3.8) is 0 Å². The number of carbonyl (C=O) groups is 1. The Hall–Kier alpha value is -1.55. The van der Waals surface area contributed by atoms with Gasteiger partial charge in [0.25, 0.3) is 0 Å². The molecule has 1 saturated heterocycles. The van der Waals surface area contributed by atoms with Crippen LogP contribution in [0.15, 0.2) is 18.2 Å². The second-order valence-electron chi connectivity index (χ2n) is 5.12. The van der Waals surface area contributed by atoms with E-state index in [1.165, 1.54) is 10.5 Å². The Kier molecular flexibility index (Phi) is 3.87. The van der Waals surface area contributed by atoms with Gasteiger partial charge in [-0.3, -0.25) is 0 Å². The fraction of sp³-hybridized carbons (Fsp3) is 0.500. The van der Waals surface area contributed by atoms with Crippen molar-refractivity contribution < 1.29 is 9.69 Å². The first kappa shape index (κ1) is 12.9. The van der Waals surface area contributed by atoms with Gasteiger partial charge in [-0.2, -0.15) is 0 Å². The van der Waals surface area contributed by atoms with Crippen LogP contribution in [-0.2, 0) is 0 Å².